The normalized spacial score (nSPS) is 11.8. The van der Waals surface area contributed by atoms with Gasteiger partial charge < -0.3 is 16.3 Å². The van der Waals surface area contributed by atoms with Crippen molar-refractivity contribution in [1.29, 1.82) is 0 Å². The maximum absolute atomic E-state index is 13.9. The Morgan fingerprint density at radius 2 is 2.33 bits per heavy atom. The molecule has 1 heterocycles. The van der Waals surface area contributed by atoms with Crippen LogP contribution in [0.4, 0.5) is 4.39 Å². The number of aromatic nitrogens is 2. The van der Waals surface area contributed by atoms with Gasteiger partial charge in [-0.15, -0.1) is 0 Å². The van der Waals surface area contributed by atoms with E-state index in [0.29, 0.717) is 24.2 Å². The molecule has 2 aromatic rings. The monoisotopic (exact) mass is 291 g/mol. The third-order valence-corrected chi connectivity index (χ3v) is 3.05. The Morgan fingerprint density at radius 1 is 1.52 bits per heavy atom. The summed E-state index contributed by atoms with van der Waals surface area (Å²) in [6, 6.07) is 4.49. The van der Waals surface area contributed by atoms with Crippen molar-refractivity contribution >= 4 is 5.84 Å². The second-order valence-corrected chi connectivity index (χ2v) is 4.75. The molecular weight excluding hydrogens is 273 g/mol. The minimum absolute atomic E-state index is 0.109. The van der Waals surface area contributed by atoms with Gasteiger partial charge in [0.05, 0.1) is 12.7 Å². The largest absolute Gasteiger partial charge is 0.409 e. The highest BCUT2D eigenvalue weighted by Crippen LogP contribution is 2.10. The fraction of sp³-hybridized carbons (Fsp3) is 0.286. The van der Waals surface area contributed by atoms with E-state index in [1.54, 1.807) is 18.3 Å². The highest BCUT2D eigenvalue weighted by atomic mass is 19.1. The Labute approximate surface area is 122 Å². The van der Waals surface area contributed by atoms with Gasteiger partial charge in [-0.2, -0.15) is 5.10 Å². The van der Waals surface area contributed by atoms with Crippen LogP contribution in [0.15, 0.2) is 35.7 Å². The summed E-state index contributed by atoms with van der Waals surface area (Å²) in [5.74, 6) is -0.496. The molecule has 0 saturated heterocycles. The summed E-state index contributed by atoms with van der Waals surface area (Å²) in [6.07, 6.45) is 3.75. The fourth-order valence-electron chi connectivity index (χ4n) is 1.91. The molecule has 0 saturated carbocycles. The van der Waals surface area contributed by atoms with Crippen molar-refractivity contribution in [2.24, 2.45) is 10.9 Å². The number of halogens is 1. The Kier molecular flexibility index (Phi) is 4.89. The molecule has 4 N–H and O–H groups in total. The first-order valence-corrected chi connectivity index (χ1v) is 6.56. The first-order chi connectivity index (χ1) is 10.1. The molecule has 6 nitrogen and oxygen atoms in total. The first kappa shape index (κ1) is 15.0. The topological polar surface area (TPSA) is 88.5 Å². The molecule has 2 rings (SSSR count). The van der Waals surface area contributed by atoms with E-state index in [0.717, 1.165) is 12.1 Å². The van der Waals surface area contributed by atoms with Crippen molar-refractivity contribution in [3.63, 3.8) is 0 Å². The summed E-state index contributed by atoms with van der Waals surface area (Å²) < 4.78 is 15.7. The number of aryl methyl sites for hydroxylation is 1. The SMILES string of the molecule is Cc1cnn(CCNCc2ccc(/C(N)=N/O)cc2F)c1. The van der Waals surface area contributed by atoms with Crippen LogP contribution in [-0.4, -0.2) is 27.4 Å². The van der Waals surface area contributed by atoms with E-state index in [4.69, 9.17) is 10.9 Å². The number of amidine groups is 1. The number of hydrogen-bond donors (Lipinski definition) is 3. The van der Waals surface area contributed by atoms with Gasteiger partial charge in [-0.05, 0) is 18.6 Å². The molecule has 0 aliphatic carbocycles. The predicted molar refractivity (Wildman–Crippen MR) is 77.6 cm³/mol. The number of benzene rings is 1. The quantitative estimate of drug-likeness (QED) is 0.245. The maximum atomic E-state index is 13.9. The van der Waals surface area contributed by atoms with E-state index in [9.17, 15) is 4.39 Å². The van der Waals surface area contributed by atoms with Gasteiger partial charge in [-0.1, -0.05) is 17.3 Å². The Hall–Kier alpha value is -2.41. The summed E-state index contributed by atoms with van der Waals surface area (Å²) in [4.78, 5) is 0. The highest BCUT2D eigenvalue weighted by molar-refractivity contribution is 5.97. The molecule has 0 aliphatic rings. The van der Waals surface area contributed by atoms with Crippen molar-refractivity contribution in [3.05, 3.63) is 53.1 Å². The van der Waals surface area contributed by atoms with Gasteiger partial charge in [-0.25, -0.2) is 4.39 Å². The number of nitrogens with zero attached hydrogens (tertiary/aromatic N) is 3. The van der Waals surface area contributed by atoms with E-state index in [1.165, 1.54) is 6.07 Å². The first-order valence-electron chi connectivity index (χ1n) is 6.56. The molecule has 7 heteroatoms. The van der Waals surface area contributed by atoms with Crippen molar-refractivity contribution < 1.29 is 9.60 Å². The van der Waals surface area contributed by atoms with Crippen LogP contribution in [0.2, 0.25) is 0 Å². The van der Waals surface area contributed by atoms with Crippen LogP contribution in [0.25, 0.3) is 0 Å². The third kappa shape index (κ3) is 4.03. The van der Waals surface area contributed by atoms with Crippen LogP contribution in [-0.2, 0) is 13.1 Å². The van der Waals surface area contributed by atoms with Gasteiger partial charge in [0.1, 0.15) is 5.82 Å². The number of nitrogens with two attached hydrogens (primary N) is 1. The van der Waals surface area contributed by atoms with Crippen LogP contribution in [0.1, 0.15) is 16.7 Å². The minimum Gasteiger partial charge on any atom is -0.409 e. The molecule has 1 aromatic carbocycles. The molecule has 0 bridgehead atoms. The zero-order valence-electron chi connectivity index (χ0n) is 11.8. The summed E-state index contributed by atoms with van der Waals surface area (Å²) in [7, 11) is 0. The maximum Gasteiger partial charge on any atom is 0.170 e. The highest BCUT2D eigenvalue weighted by Gasteiger charge is 2.06. The Balaban J connectivity index is 1.86. The van der Waals surface area contributed by atoms with Gasteiger partial charge >= 0.3 is 0 Å². The molecule has 0 amide bonds. The van der Waals surface area contributed by atoms with Crippen LogP contribution in [0, 0.1) is 12.7 Å². The third-order valence-electron chi connectivity index (χ3n) is 3.05. The standard InChI is InChI=1S/C14H18FN5O/c1-10-7-18-20(9-10)5-4-17-8-12-3-2-11(6-13(12)15)14(16)19-21/h2-3,6-7,9,17,21H,4-5,8H2,1H3,(H2,16,19). The average molecular weight is 291 g/mol. The van der Waals surface area contributed by atoms with Crippen molar-refractivity contribution in [2.75, 3.05) is 6.54 Å². The van der Waals surface area contributed by atoms with Crippen molar-refractivity contribution in [1.82, 2.24) is 15.1 Å². The van der Waals surface area contributed by atoms with Gasteiger partial charge in [-0.3, -0.25) is 4.68 Å². The lowest BCUT2D eigenvalue weighted by Gasteiger charge is -2.07. The van der Waals surface area contributed by atoms with E-state index in [-0.39, 0.29) is 11.7 Å². The van der Waals surface area contributed by atoms with Crippen LogP contribution < -0.4 is 11.1 Å². The second kappa shape index (κ2) is 6.85. The zero-order chi connectivity index (χ0) is 15.2. The van der Waals surface area contributed by atoms with Gasteiger partial charge in [0.15, 0.2) is 5.84 Å². The van der Waals surface area contributed by atoms with E-state index in [2.05, 4.69) is 15.6 Å². The second-order valence-electron chi connectivity index (χ2n) is 4.75. The number of nitrogens with one attached hydrogen (secondary N) is 1. The lowest BCUT2D eigenvalue weighted by molar-refractivity contribution is 0.318. The molecular formula is C14H18FN5O. The summed E-state index contributed by atoms with van der Waals surface area (Å²) in [5, 5.41) is 18.7. The lowest BCUT2D eigenvalue weighted by Crippen LogP contribution is -2.20. The van der Waals surface area contributed by atoms with E-state index in [1.807, 2.05) is 17.8 Å². The molecule has 0 radical (unpaired) electrons. The van der Waals surface area contributed by atoms with Crippen LogP contribution in [0.3, 0.4) is 0 Å². The molecule has 0 aliphatic heterocycles. The van der Waals surface area contributed by atoms with Crippen molar-refractivity contribution in [2.45, 2.75) is 20.0 Å². The molecule has 0 spiro atoms. The van der Waals surface area contributed by atoms with Crippen LogP contribution in [0.5, 0.6) is 0 Å². The predicted octanol–water partition coefficient (Wildman–Crippen LogP) is 1.21. The molecule has 112 valence electrons. The van der Waals surface area contributed by atoms with E-state index >= 15 is 0 Å². The fourth-order valence-corrected chi connectivity index (χ4v) is 1.91. The zero-order valence-corrected chi connectivity index (χ0v) is 11.8. The van der Waals surface area contributed by atoms with Crippen LogP contribution >= 0.6 is 0 Å². The van der Waals surface area contributed by atoms with Gasteiger partial charge in [0.2, 0.25) is 0 Å². The number of rotatable bonds is 6. The molecule has 21 heavy (non-hydrogen) atoms. The average Bonchev–Trinajstić information content (AvgIpc) is 2.89. The molecule has 0 unspecified atom stereocenters. The van der Waals surface area contributed by atoms with Gasteiger partial charge in [0.25, 0.3) is 0 Å². The van der Waals surface area contributed by atoms with E-state index < -0.39 is 0 Å². The molecule has 0 atom stereocenters. The molecule has 1 aromatic heterocycles. The lowest BCUT2D eigenvalue weighted by atomic mass is 10.1. The molecule has 0 fully saturated rings. The smallest absolute Gasteiger partial charge is 0.170 e. The Bertz CT molecular complexity index is 638. The summed E-state index contributed by atoms with van der Waals surface area (Å²) in [5.41, 5.74) is 7.40. The Morgan fingerprint density at radius 3 is 2.95 bits per heavy atom. The summed E-state index contributed by atoms with van der Waals surface area (Å²) >= 11 is 0. The van der Waals surface area contributed by atoms with Crippen molar-refractivity contribution in [3.8, 4) is 0 Å². The number of hydrogen-bond acceptors (Lipinski definition) is 4. The minimum atomic E-state index is -0.387. The number of oxime groups is 1. The summed E-state index contributed by atoms with van der Waals surface area (Å²) in [6.45, 7) is 3.79. The van der Waals surface area contributed by atoms with Gasteiger partial charge in [0, 0.05) is 30.4 Å².